The van der Waals surface area contributed by atoms with Crippen LogP contribution in [0.1, 0.15) is 45.4 Å². The van der Waals surface area contributed by atoms with E-state index in [0.717, 1.165) is 45.2 Å². The summed E-state index contributed by atoms with van der Waals surface area (Å²) in [5, 5.41) is 3.72. The summed E-state index contributed by atoms with van der Waals surface area (Å²) in [4.78, 5) is 2.57. The van der Waals surface area contributed by atoms with Crippen LogP contribution in [0.2, 0.25) is 0 Å². The summed E-state index contributed by atoms with van der Waals surface area (Å²) in [5.41, 5.74) is 0. The van der Waals surface area contributed by atoms with Gasteiger partial charge in [-0.15, -0.1) is 0 Å². The molecule has 1 N–H and O–H groups in total. The molecule has 0 aromatic carbocycles. The molecule has 1 fully saturated rings. The molecule has 2 atom stereocenters. The highest BCUT2D eigenvalue weighted by molar-refractivity contribution is 4.81. The lowest BCUT2D eigenvalue weighted by Gasteiger charge is -2.32. The summed E-state index contributed by atoms with van der Waals surface area (Å²) in [7, 11) is 3.58. The van der Waals surface area contributed by atoms with Gasteiger partial charge in [0.1, 0.15) is 0 Å². The van der Waals surface area contributed by atoms with E-state index in [1.54, 1.807) is 14.2 Å². The first-order chi connectivity index (χ1) is 10.3. The molecular weight excluding hydrogens is 264 g/mol. The topological polar surface area (TPSA) is 33.7 Å². The molecule has 1 aliphatic rings. The highest BCUT2D eigenvalue weighted by atomic mass is 16.5. The molecule has 4 nitrogen and oxygen atoms in total. The van der Waals surface area contributed by atoms with Crippen LogP contribution in [0.25, 0.3) is 0 Å². The smallest absolute Gasteiger partial charge is 0.0589 e. The number of methoxy groups -OCH3 is 2. The molecular formula is C17H36N2O2. The van der Waals surface area contributed by atoms with Gasteiger partial charge in [-0.1, -0.05) is 26.2 Å². The van der Waals surface area contributed by atoms with Crippen LogP contribution < -0.4 is 5.32 Å². The second-order valence-electron chi connectivity index (χ2n) is 6.20. The minimum Gasteiger partial charge on any atom is -0.385 e. The number of nitrogens with one attached hydrogen (secondary N) is 1. The van der Waals surface area contributed by atoms with Crippen molar-refractivity contribution < 1.29 is 9.47 Å². The van der Waals surface area contributed by atoms with Crippen molar-refractivity contribution in [2.75, 3.05) is 53.6 Å². The molecule has 0 radical (unpaired) electrons. The number of hydrogen-bond donors (Lipinski definition) is 1. The fraction of sp³-hybridized carbons (Fsp3) is 1.00. The van der Waals surface area contributed by atoms with E-state index >= 15 is 0 Å². The molecule has 1 rings (SSSR count). The average molecular weight is 300 g/mol. The zero-order chi connectivity index (χ0) is 15.3. The molecule has 2 unspecified atom stereocenters. The predicted molar refractivity (Wildman–Crippen MR) is 88.8 cm³/mol. The van der Waals surface area contributed by atoms with Crippen molar-refractivity contribution in [3.05, 3.63) is 0 Å². The molecule has 4 heteroatoms. The first kappa shape index (κ1) is 18.9. The lowest BCUT2D eigenvalue weighted by Crippen LogP contribution is -2.43. The van der Waals surface area contributed by atoms with E-state index in [4.69, 9.17) is 9.47 Å². The van der Waals surface area contributed by atoms with Crippen LogP contribution in [-0.2, 0) is 9.47 Å². The molecule has 0 aliphatic heterocycles. The minimum absolute atomic E-state index is 0.699. The number of hydrogen-bond acceptors (Lipinski definition) is 4. The molecule has 126 valence electrons. The summed E-state index contributed by atoms with van der Waals surface area (Å²) >= 11 is 0. The van der Waals surface area contributed by atoms with Gasteiger partial charge < -0.3 is 19.7 Å². The quantitative estimate of drug-likeness (QED) is 0.470. The Labute approximate surface area is 131 Å². The summed E-state index contributed by atoms with van der Waals surface area (Å²) < 4.78 is 10.5. The van der Waals surface area contributed by atoms with Gasteiger partial charge in [0.2, 0.25) is 0 Å². The van der Waals surface area contributed by atoms with Crippen molar-refractivity contribution in [1.82, 2.24) is 10.2 Å². The fourth-order valence-corrected chi connectivity index (χ4v) is 3.41. The van der Waals surface area contributed by atoms with E-state index in [-0.39, 0.29) is 0 Å². The van der Waals surface area contributed by atoms with Gasteiger partial charge in [-0.25, -0.2) is 0 Å². The van der Waals surface area contributed by atoms with Gasteiger partial charge in [-0.3, -0.25) is 0 Å². The lowest BCUT2D eigenvalue weighted by molar-refractivity contribution is 0.114. The van der Waals surface area contributed by atoms with Crippen LogP contribution in [0, 0.1) is 5.92 Å². The largest absolute Gasteiger partial charge is 0.385 e. The lowest BCUT2D eigenvalue weighted by atomic mass is 9.94. The van der Waals surface area contributed by atoms with E-state index in [2.05, 4.69) is 17.1 Å². The third-order valence-corrected chi connectivity index (χ3v) is 4.55. The zero-order valence-corrected chi connectivity index (χ0v) is 14.4. The van der Waals surface area contributed by atoms with Crippen LogP contribution in [-0.4, -0.2) is 64.6 Å². The van der Waals surface area contributed by atoms with Crippen LogP contribution >= 0.6 is 0 Å². The SMILES string of the molecule is CCNC1CCCCCC1CN(CCCOC)CCOC. The van der Waals surface area contributed by atoms with E-state index in [1.165, 1.54) is 38.6 Å². The van der Waals surface area contributed by atoms with Crippen molar-refractivity contribution in [1.29, 1.82) is 0 Å². The van der Waals surface area contributed by atoms with Gasteiger partial charge >= 0.3 is 0 Å². The van der Waals surface area contributed by atoms with Gasteiger partial charge in [0.15, 0.2) is 0 Å². The van der Waals surface area contributed by atoms with Crippen LogP contribution in [0.3, 0.4) is 0 Å². The van der Waals surface area contributed by atoms with Gasteiger partial charge in [0.05, 0.1) is 6.61 Å². The Morgan fingerprint density at radius 2 is 1.76 bits per heavy atom. The van der Waals surface area contributed by atoms with Gasteiger partial charge in [0, 0.05) is 46.5 Å². The maximum atomic E-state index is 5.28. The number of rotatable bonds is 11. The maximum Gasteiger partial charge on any atom is 0.0589 e. The van der Waals surface area contributed by atoms with Gasteiger partial charge in [-0.2, -0.15) is 0 Å². The maximum absolute atomic E-state index is 5.28. The predicted octanol–water partition coefficient (Wildman–Crippen LogP) is 2.53. The highest BCUT2D eigenvalue weighted by Gasteiger charge is 2.24. The van der Waals surface area contributed by atoms with Crippen molar-refractivity contribution in [3.63, 3.8) is 0 Å². The van der Waals surface area contributed by atoms with Crippen LogP contribution in [0.4, 0.5) is 0 Å². The zero-order valence-electron chi connectivity index (χ0n) is 14.4. The first-order valence-electron chi connectivity index (χ1n) is 8.75. The molecule has 0 heterocycles. The van der Waals surface area contributed by atoms with Crippen molar-refractivity contribution in [2.24, 2.45) is 5.92 Å². The molecule has 1 aliphatic carbocycles. The molecule has 0 spiro atoms. The van der Waals surface area contributed by atoms with Gasteiger partial charge in [0.25, 0.3) is 0 Å². The van der Waals surface area contributed by atoms with Crippen LogP contribution in [0.5, 0.6) is 0 Å². The van der Waals surface area contributed by atoms with E-state index < -0.39 is 0 Å². The van der Waals surface area contributed by atoms with Crippen molar-refractivity contribution in [3.8, 4) is 0 Å². The fourth-order valence-electron chi connectivity index (χ4n) is 3.41. The molecule has 0 bridgehead atoms. The standard InChI is InChI=1S/C17H36N2O2/c1-4-18-17-10-7-5-6-9-16(17)15-19(12-14-21-3)11-8-13-20-2/h16-18H,4-15H2,1-3H3. The second-order valence-corrected chi connectivity index (χ2v) is 6.20. The highest BCUT2D eigenvalue weighted by Crippen LogP contribution is 2.24. The van der Waals surface area contributed by atoms with E-state index in [1.807, 2.05) is 0 Å². The normalized spacial score (nSPS) is 23.4. The second kappa shape index (κ2) is 12.4. The molecule has 21 heavy (non-hydrogen) atoms. The number of ether oxygens (including phenoxy) is 2. The summed E-state index contributed by atoms with van der Waals surface area (Å²) in [6.07, 6.45) is 8.00. The van der Waals surface area contributed by atoms with Crippen molar-refractivity contribution in [2.45, 2.75) is 51.5 Å². The Bertz CT molecular complexity index is 239. The first-order valence-corrected chi connectivity index (χ1v) is 8.75. The third-order valence-electron chi connectivity index (χ3n) is 4.55. The Morgan fingerprint density at radius 3 is 2.48 bits per heavy atom. The Kier molecular flexibility index (Phi) is 11.1. The third kappa shape index (κ3) is 8.15. The van der Waals surface area contributed by atoms with E-state index in [0.29, 0.717) is 6.04 Å². The molecule has 1 saturated carbocycles. The summed E-state index contributed by atoms with van der Waals surface area (Å²) in [6, 6.07) is 0.699. The molecule has 0 aromatic rings. The summed E-state index contributed by atoms with van der Waals surface area (Å²) in [5.74, 6) is 0.784. The molecule has 0 amide bonds. The minimum atomic E-state index is 0.699. The van der Waals surface area contributed by atoms with Crippen LogP contribution in [0.15, 0.2) is 0 Å². The van der Waals surface area contributed by atoms with E-state index in [9.17, 15) is 0 Å². The molecule has 0 saturated heterocycles. The number of nitrogens with zero attached hydrogens (tertiary/aromatic N) is 1. The Morgan fingerprint density at radius 1 is 1.00 bits per heavy atom. The molecule has 0 aromatic heterocycles. The summed E-state index contributed by atoms with van der Waals surface area (Å²) in [6.45, 7) is 8.34. The van der Waals surface area contributed by atoms with Gasteiger partial charge in [-0.05, 0) is 31.7 Å². The Hall–Kier alpha value is -0.160. The average Bonchev–Trinajstić information content (AvgIpc) is 2.71. The Balaban J connectivity index is 2.50. The van der Waals surface area contributed by atoms with Crippen molar-refractivity contribution >= 4 is 0 Å². The monoisotopic (exact) mass is 300 g/mol.